The van der Waals surface area contributed by atoms with Gasteiger partial charge < -0.3 is 10.6 Å². The van der Waals surface area contributed by atoms with Gasteiger partial charge in [0.2, 0.25) is 0 Å². The van der Waals surface area contributed by atoms with E-state index < -0.39 is 0 Å². The van der Waals surface area contributed by atoms with Gasteiger partial charge in [0, 0.05) is 42.6 Å². The summed E-state index contributed by atoms with van der Waals surface area (Å²) in [6, 6.07) is 5.18. The van der Waals surface area contributed by atoms with E-state index in [9.17, 15) is 4.79 Å². The van der Waals surface area contributed by atoms with Gasteiger partial charge in [0.25, 0.3) is 5.91 Å². The van der Waals surface area contributed by atoms with Crippen LogP contribution >= 0.6 is 11.6 Å². The molecule has 0 atom stereocenters. The van der Waals surface area contributed by atoms with Crippen molar-refractivity contribution in [3.63, 3.8) is 0 Å². The number of carbonyl (C=O) groups is 1. The summed E-state index contributed by atoms with van der Waals surface area (Å²) in [5, 5.41) is 10.5. The maximum Gasteiger partial charge on any atom is 0.253 e. The van der Waals surface area contributed by atoms with Crippen LogP contribution in [0.25, 0.3) is 0 Å². The molecule has 2 aromatic rings. The van der Waals surface area contributed by atoms with E-state index in [-0.39, 0.29) is 5.91 Å². The zero-order valence-corrected chi connectivity index (χ0v) is 12.5. The van der Waals surface area contributed by atoms with Crippen LogP contribution in [-0.4, -0.2) is 22.7 Å². The van der Waals surface area contributed by atoms with Crippen molar-refractivity contribution in [2.45, 2.75) is 13.5 Å². The van der Waals surface area contributed by atoms with Crippen LogP contribution in [0.3, 0.4) is 0 Å². The Labute approximate surface area is 122 Å². The largest absolute Gasteiger partial charge is 0.387 e. The van der Waals surface area contributed by atoms with E-state index in [0.717, 1.165) is 16.9 Å². The third-order valence-corrected chi connectivity index (χ3v) is 3.51. The zero-order valence-electron chi connectivity index (χ0n) is 11.7. The minimum Gasteiger partial charge on any atom is -0.387 e. The van der Waals surface area contributed by atoms with Gasteiger partial charge in [0.15, 0.2) is 0 Å². The summed E-state index contributed by atoms with van der Waals surface area (Å²) in [4.78, 5) is 12.2. The van der Waals surface area contributed by atoms with Crippen LogP contribution in [0.15, 0.2) is 24.4 Å². The number of amides is 1. The average molecular weight is 293 g/mol. The molecule has 6 heteroatoms. The lowest BCUT2D eigenvalue weighted by Gasteiger charge is -2.10. The minimum absolute atomic E-state index is 0.167. The van der Waals surface area contributed by atoms with Crippen molar-refractivity contribution in [1.29, 1.82) is 0 Å². The second kappa shape index (κ2) is 5.96. The average Bonchev–Trinajstić information content (AvgIpc) is 2.76. The van der Waals surface area contributed by atoms with E-state index in [1.165, 1.54) is 0 Å². The second-order valence-corrected chi connectivity index (χ2v) is 4.94. The normalized spacial score (nSPS) is 10.4. The summed E-state index contributed by atoms with van der Waals surface area (Å²) in [7, 11) is 3.64. The molecule has 0 aliphatic carbocycles. The summed E-state index contributed by atoms with van der Waals surface area (Å²) >= 11 is 5.94. The molecule has 0 fully saturated rings. The van der Waals surface area contributed by atoms with Crippen molar-refractivity contribution in [2.75, 3.05) is 12.4 Å². The second-order valence-electron chi connectivity index (χ2n) is 4.50. The predicted octanol–water partition coefficient (Wildman–Crippen LogP) is 2.35. The van der Waals surface area contributed by atoms with Gasteiger partial charge >= 0.3 is 0 Å². The lowest BCUT2D eigenvalue weighted by atomic mass is 10.1. The number of anilines is 1. The van der Waals surface area contributed by atoms with Gasteiger partial charge in [-0.15, -0.1) is 0 Å². The smallest absolute Gasteiger partial charge is 0.253 e. The molecule has 2 rings (SSSR count). The lowest BCUT2D eigenvalue weighted by molar-refractivity contribution is 0.0951. The number of rotatable bonds is 4. The number of hydrogen-bond acceptors (Lipinski definition) is 3. The van der Waals surface area contributed by atoms with E-state index in [2.05, 4.69) is 15.7 Å². The Morgan fingerprint density at radius 2 is 2.20 bits per heavy atom. The fourth-order valence-corrected chi connectivity index (χ4v) is 2.08. The van der Waals surface area contributed by atoms with Gasteiger partial charge in [-0.2, -0.15) is 5.10 Å². The highest BCUT2D eigenvalue weighted by Crippen LogP contribution is 2.20. The molecule has 0 spiro atoms. The van der Waals surface area contributed by atoms with E-state index in [4.69, 9.17) is 11.6 Å². The van der Waals surface area contributed by atoms with Gasteiger partial charge in [-0.3, -0.25) is 9.48 Å². The van der Waals surface area contributed by atoms with Crippen LogP contribution in [0.1, 0.15) is 21.6 Å². The number of hydrogen-bond donors (Lipinski definition) is 2. The number of nitrogens with zero attached hydrogens (tertiary/aromatic N) is 2. The molecule has 1 aromatic carbocycles. The summed E-state index contributed by atoms with van der Waals surface area (Å²) < 4.78 is 1.78. The molecule has 5 nitrogen and oxygen atoms in total. The van der Waals surface area contributed by atoms with E-state index in [1.54, 1.807) is 36.1 Å². The minimum atomic E-state index is -0.167. The first-order valence-electron chi connectivity index (χ1n) is 6.26. The molecule has 0 saturated carbocycles. The number of carbonyl (C=O) groups excluding carboxylic acids is 1. The van der Waals surface area contributed by atoms with Gasteiger partial charge in [-0.1, -0.05) is 11.6 Å². The van der Waals surface area contributed by atoms with Crippen molar-refractivity contribution in [3.8, 4) is 0 Å². The summed E-state index contributed by atoms with van der Waals surface area (Å²) in [6.45, 7) is 2.40. The Balaban J connectivity index is 2.12. The molecule has 1 amide bonds. The Kier molecular flexibility index (Phi) is 4.29. The van der Waals surface area contributed by atoms with Gasteiger partial charge in [0.05, 0.1) is 11.8 Å². The van der Waals surface area contributed by atoms with Crippen LogP contribution in [0, 0.1) is 6.92 Å². The number of benzene rings is 1. The molecular formula is C14H17ClN4O. The first kappa shape index (κ1) is 14.4. The van der Waals surface area contributed by atoms with Crippen LogP contribution in [-0.2, 0) is 13.6 Å². The predicted molar refractivity (Wildman–Crippen MR) is 80.1 cm³/mol. The SMILES string of the molecule is CNc1ccc(Cl)cc1C(=O)NCc1cnn(C)c1C. The van der Waals surface area contributed by atoms with E-state index in [1.807, 2.05) is 14.0 Å². The zero-order chi connectivity index (χ0) is 14.7. The molecule has 0 aliphatic heterocycles. The molecule has 20 heavy (non-hydrogen) atoms. The molecule has 1 aromatic heterocycles. The molecule has 2 N–H and O–H groups in total. The van der Waals surface area contributed by atoms with Crippen molar-refractivity contribution < 1.29 is 4.79 Å². The van der Waals surface area contributed by atoms with Crippen molar-refractivity contribution in [2.24, 2.45) is 7.05 Å². The molecule has 0 bridgehead atoms. The number of nitrogens with one attached hydrogen (secondary N) is 2. The number of aryl methyl sites for hydroxylation is 1. The Hall–Kier alpha value is -2.01. The topological polar surface area (TPSA) is 59.0 Å². The fraction of sp³-hybridized carbons (Fsp3) is 0.286. The maximum absolute atomic E-state index is 12.2. The molecule has 106 valence electrons. The maximum atomic E-state index is 12.2. The lowest BCUT2D eigenvalue weighted by Crippen LogP contribution is -2.24. The van der Waals surface area contributed by atoms with Gasteiger partial charge in [0.1, 0.15) is 0 Å². The highest BCUT2D eigenvalue weighted by Gasteiger charge is 2.12. The van der Waals surface area contributed by atoms with E-state index in [0.29, 0.717) is 17.1 Å². The van der Waals surface area contributed by atoms with Gasteiger partial charge in [-0.05, 0) is 25.1 Å². The van der Waals surface area contributed by atoms with Crippen molar-refractivity contribution in [1.82, 2.24) is 15.1 Å². The summed E-state index contributed by atoms with van der Waals surface area (Å²) in [6.07, 6.45) is 1.76. The summed E-state index contributed by atoms with van der Waals surface area (Å²) in [5.74, 6) is -0.167. The van der Waals surface area contributed by atoms with Crippen molar-refractivity contribution in [3.05, 3.63) is 46.2 Å². The highest BCUT2D eigenvalue weighted by atomic mass is 35.5. The van der Waals surface area contributed by atoms with Crippen molar-refractivity contribution >= 4 is 23.2 Å². The van der Waals surface area contributed by atoms with Crippen LogP contribution < -0.4 is 10.6 Å². The van der Waals surface area contributed by atoms with Crippen LogP contribution in [0.2, 0.25) is 5.02 Å². The first-order valence-corrected chi connectivity index (χ1v) is 6.63. The molecule has 0 aliphatic rings. The Bertz CT molecular complexity index is 636. The monoisotopic (exact) mass is 292 g/mol. The highest BCUT2D eigenvalue weighted by molar-refractivity contribution is 6.31. The summed E-state index contributed by atoms with van der Waals surface area (Å²) in [5.41, 5.74) is 3.30. The molecule has 0 radical (unpaired) electrons. The molecular weight excluding hydrogens is 276 g/mol. The number of aromatic nitrogens is 2. The van der Waals surface area contributed by atoms with Crippen LogP contribution in [0.4, 0.5) is 5.69 Å². The van der Waals surface area contributed by atoms with E-state index >= 15 is 0 Å². The Morgan fingerprint density at radius 1 is 1.45 bits per heavy atom. The molecule has 0 unspecified atom stereocenters. The first-order chi connectivity index (χ1) is 9.52. The molecule has 1 heterocycles. The van der Waals surface area contributed by atoms with Gasteiger partial charge in [-0.25, -0.2) is 0 Å². The fourth-order valence-electron chi connectivity index (χ4n) is 1.91. The standard InChI is InChI=1S/C14H17ClN4O/c1-9-10(8-18-19(9)3)7-17-14(20)12-6-11(15)4-5-13(12)16-2/h4-6,8,16H,7H2,1-3H3,(H,17,20). The third-order valence-electron chi connectivity index (χ3n) is 3.27. The Morgan fingerprint density at radius 3 is 2.80 bits per heavy atom. The quantitative estimate of drug-likeness (QED) is 0.909. The number of halogens is 1. The third kappa shape index (κ3) is 2.93. The van der Waals surface area contributed by atoms with Crippen LogP contribution in [0.5, 0.6) is 0 Å². The molecule has 0 saturated heterocycles.